The number of hydrogen-bond donors (Lipinski definition) is 2. The zero-order valence-electron chi connectivity index (χ0n) is 10.5. The van der Waals surface area contributed by atoms with Crippen LogP contribution < -0.4 is 5.32 Å². The van der Waals surface area contributed by atoms with Crippen LogP contribution in [0, 0.1) is 0 Å². The minimum Gasteiger partial charge on any atom is -0.394 e. The summed E-state index contributed by atoms with van der Waals surface area (Å²) in [5.41, 5.74) is -0.169. The monoisotopic (exact) mass is 202 g/mol. The van der Waals surface area contributed by atoms with E-state index in [9.17, 15) is 5.11 Å². The number of hydrogen-bond acceptors (Lipinski definition) is 3. The van der Waals surface area contributed by atoms with Crippen molar-refractivity contribution in [2.24, 2.45) is 0 Å². The van der Waals surface area contributed by atoms with Crippen molar-refractivity contribution in [1.29, 1.82) is 0 Å². The minimum atomic E-state index is -0.169. The molecule has 0 aromatic heterocycles. The first-order chi connectivity index (χ1) is 6.30. The lowest BCUT2D eigenvalue weighted by atomic mass is 9.93. The molecule has 86 valence electrons. The molecule has 0 aliphatic heterocycles. The van der Waals surface area contributed by atoms with Gasteiger partial charge in [-0.05, 0) is 34.4 Å². The average Bonchev–Trinajstić information content (AvgIpc) is 2.02. The predicted octanol–water partition coefficient (Wildman–Crippen LogP) is 1.08. The predicted molar refractivity (Wildman–Crippen MR) is 61.5 cm³/mol. The number of nitrogens with zero attached hydrogens (tertiary/aromatic N) is 1. The lowest BCUT2D eigenvalue weighted by molar-refractivity contribution is 0.127. The van der Waals surface area contributed by atoms with E-state index < -0.39 is 0 Å². The van der Waals surface area contributed by atoms with Crippen molar-refractivity contribution in [1.82, 2.24) is 10.2 Å². The van der Waals surface area contributed by atoms with Crippen molar-refractivity contribution in [2.75, 3.05) is 20.7 Å². The van der Waals surface area contributed by atoms with Gasteiger partial charge in [0.25, 0.3) is 0 Å². The van der Waals surface area contributed by atoms with Crippen molar-refractivity contribution in [3.8, 4) is 0 Å². The van der Waals surface area contributed by atoms with Gasteiger partial charge in [-0.15, -0.1) is 0 Å². The fourth-order valence-electron chi connectivity index (χ4n) is 1.70. The highest BCUT2D eigenvalue weighted by molar-refractivity contribution is 4.87. The largest absolute Gasteiger partial charge is 0.394 e. The third-order valence-corrected chi connectivity index (χ3v) is 2.61. The van der Waals surface area contributed by atoms with Crippen molar-refractivity contribution >= 4 is 0 Å². The molecule has 0 aliphatic carbocycles. The summed E-state index contributed by atoms with van der Waals surface area (Å²) in [6.07, 6.45) is 0.953. The summed E-state index contributed by atoms with van der Waals surface area (Å²) >= 11 is 0. The third kappa shape index (κ3) is 4.94. The Bertz CT molecular complexity index is 159. The summed E-state index contributed by atoms with van der Waals surface area (Å²) in [4.78, 5) is 2.18. The third-order valence-electron chi connectivity index (χ3n) is 2.61. The molecule has 2 unspecified atom stereocenters. The van der Waals surface area contributed by atoms with E-state index in [1.165, 1.54) is 0 Å². The van der Waals surface area contributed by atoms with Crippen molar-refractivity contribution < 1.29 is 5.11 Å². The molecule has 0 amide bonds. The molecule has 2 N–H and O–H groups in total. The Morgan fingerprint density at radius 2 is 1.79 bits per heavy atom. The van der Waals surface area contributed by atoms with E-state index in [-0.39, 0.29) is 12.1 Å². The van der Waals surface area contributed by atoms with Gasteiger partial charge in [0.15, 0.2) is 0 Å². The van der Waals surface area contributed by atoms with Crippen molar-refractivity contribution in [3.05, 3.63) is 0 Å². The fourth-order valence-corrected chi connectivity index (χ4v) is 1.70. The first kappa shape index (κ1) is 13.9. The molecule has 0 bridgehead atoms. The van der Waals surface area contributed by atoms with Crippen LogP contribution in [0.1, 0.15) is 34.1 Å². The lowest BCUT2D eigenvalue weighted by Crippen LogP contribution is -2.52. The van der Waals surface area contributed by atoms with Crippen LogP contribution in [-0.2, 0) is 0 Å². The van der Waals surface area contributed by atoms with Crippen LogP contribution in [0.4, 0.5) is 0 Å². The van der Waals surface area contributed by atoms with E-state index in [0.717, 1.165) is 6.42 Å². The Labute approximate surface area is 88.5 Å². The molecule has 0 saturated carbocycles. The van der Waals surface area contributed by atoms with Crippen LogP contribution in [0.15, 0.2) is 0 Å². The molecule has 3 heteroatoms. The molecule has 0 fully saturated rings. The van der Waals surface area contributed by atoms with Gasteiger partial charge in [-0.2, -0.15) is 0 Å². The first-order valence-electron chi connectivity index (χ1n) is 5.35. The van der Waals surface area contributed by atoms with Gasteiger partial charge in [-0.1, -0.05) is 13.8 Å². The molecule has 0 aromatic carbocycles. The Morgan fingerprint density at radius 3 is 2.07 bits per heavy atom. The Hall–Kier alpha value is -0.120. The first-order valence-corrected chi connectivity index (χ1v) is 5.35. The van der Waals surface area contributed by atoms with Crippen LogP contribution in [0.25, 0.3) is 0 Å². The second-order valence-corrected chi connectivity index (χ2v) is 5.03. The van der Waals surface area contributed by atoms with E-state index in [1.807, 2.05) is 0 Å². The van der Waals surface area contributed by atoms with Crippen LogP contribution >= 0.6 is 0 Å². The fraction of sp³-hybridized carbons (Fsp3) is 1.00. The van der Waals surface area contributed by atoms with Gasteiger partial charge < -0.3 is 15.3 Å². The van der Waals surface area contributed by atoms with E-state index in [0.29, 0.717) is 12.1 Å². The molecule has 0 aliphatic rings. The summed E-state index contributed by atoms with van der Waals surface area (Å²) in [5, 5.41) is 12.8. The average molecular weight is 202 g/mol. The molecule has 0 heterocycles. The molecule has 14 heavy (non-hydrogen) atoms. The Kier molecular flexibility index (Phi) is 5.64. The smallest absolute Gasteiger partial charge is 0.0611 e. The topological polar surface area (TPSA) is 35.5 Å². The summed E-state index contributed by atoms with van der Waals surface area (Å²) in [6.45, 7) is 8.65. The standard InChI is InChI=1S/C11H26N2O/c1-9(2)12-11(4,8-14)7-10(3)13(5)6/h9-10,12,14H,7-8H2,1-6H3. The van der Waals surface area contributed by atoms with Gasteiger partial charge in [-0.25, -0.2) is 0 Å². The van der Waals surface area contributed by atoms with Crippen LogP contribution in [0.3, 0.4) is 0 Å². The van der Waals surface area contributed by atoms with Gasteiger partial charge in [0.05, 0.1) is 6.61 Å². The summed E-state index contributed by atoms with van der Waals surface area (Å²) in [7, 11) is 4.13. The lowest BCUT2D eigenvalue weighted by Gasteiger charge is -2.35. The zero-order valence-corrected chi connectivity index (χ0v) is 10.5. The maximum atomic E-state index is 9.38. The zero-order chi connectivity index (χ0) is 11.4. The quantitative estimate of drug-likeness (QED) is 0.676. The van der Waals surface area contributed by atoms with E-state index in [4.69, 9.17) is 0 Å². The maximum Gasteiger partial charge on any atom is 0.0611 e. The highest BCUT2D eigenvalue weighted by Crippen LogP contribution is 2.15. The molecular weight excluding hydrogens is 176 g/mol. The highest BCUT2D eigenvalue weighted by atomic mass is 16.3. The molecule has 0 aromatic rings. The summed E-state index contributed by atoms with van der Waals surface area (Å²) in [5.74, 6) is 0. The van der Waals surface area contributed by atoms with Crippen LogP contribution in [0.2, 0.25) is 0 Å². The van der Waals surface area contributed by atoms with E-state index in [1.54, 1.807) is 0 Å². The Balaban J connectivity index is 4.24. The highest BCUT2D eigenvalue weighted by Gasteiger charge is 2.26. The molecule has 0 saturated heterocycles. The number of rotatable bonds is 6. The van der Waals surface area contributed by atoms with Gasteiger partial charge in [0.2, 0.25) is 0 Å². The number of nitrogens with one attached hydrogen (secondary N) is 1. The normalized spacial score (nSPS) is 18.6. The summed E-state index contributed by atoms with van der Waals surface area (Å²) < 4.78 is 0. The van der Waals surface area contributed by atoms with Gasteiger partial charge in [0.1, 0.15) is 0 Å². The van der Waals surface area contributed by atoms with Crippen molar-refractivity contribution in [3.63, 3.8) is 0 Å². The second kappa shape index (κ2) is 5.69. The van der Waals surface area contributed by atoms with Gasteiger partial charge >= 0.3 is 0 Å². The SMILES string of the molecule is CC(C)NC(C)(CO)CC(C)N(C)C. The van der Waals surface area contributed by atoms with Gasteiger partial charge in [0, 0.05) is 17.6 Å². The second-order valence-electron chi connectivity index (χ2n) is 5.03. The Morgan fingerprint density at radius 1 is 1.29 bits per heavy atom. The molecule has 0 spiro atoms. The molecule has 2 atom stereocenters. The van der Waals surface area contributed by atoms with Crippen molar-refractivity contribution in [2.45, 2.75) is 51.7 Å². The number of aliphatic hydroxyl groups excluding tert-OH is 1. The van der Waals surface area contributed by atoms with E-state index >= 15 is 0 Å². The van der Waals surface area contributed by atoms with E-state index in [2.05, 4.69) is 52.0 Å². The number of aliphatic hydroxyl groups is 1. The van der Waals surface area contributed by atoms with Crippen LogP contribution in [0.5, 0.6) is 0 Å². The minimum absolute atomic E-state index is 0.169. The van der Waals surface area contributed by atoms with Crippen LogP contribution in [-0.4, -0.2) is 48.3 Å². The molecule has 3 nitrogen and oxygen atoms in total. The molecule has 0 rings (SSSR count). The van der Waals surface area contributed by atoms with Gasteiger partial charge in [-0.3, -0.25) is 0 Å². The molecule has 0 radical (unpaired) electrons. The molecular formula is C11H26N2O. The summed E-state index contributed by atoms with van der Waals surface area (Å²) in [6, 6.07) is 0.875. The maximum absolute atomic E-state index is 9.38.